The molecule has 2 aliphatic rings. The lowest BCUT2D eigenvalue weighted by atomic mass is 10.0. The van der Waals surface area contributed by atoms with E-state index in [9.17, 15) is 16.8 Å². The van der Waals surface area contributed by atoms with E-state index in [1.54, 1.807) is 48.9 Å². The zero-order chi connectivity index (χ0) is 30.4. The zero-order valence-electron chi connectivity index (χ0n) is 24.2. The van der Waals surface area contributed by atoms with Crippen LogP contribution < -0.4 is 0 Å². The number of hydrogen-bond acceptors (Lipinski definition) is 10. The number of ether oxygens (including phenoxy) is 2. The first-order valence-corrected chi connectivity index (χ1v) is 17.7. The Morgan fingerprint density at radius 3 is 1.90 bits per heavy atom. The van der Waals surface area contributed by atoms with Gasteiger partial charge in [-0.05, 0) is 48.7 Å². The molecule has 16 heteroatoms. The quantitative estimate of drug-likeness (QED) is 0.310. The van der Waals surface area contributed by atoms with E-state index in [0.29, 0.717) is 36.3 Å². The number of imidazole rings is 2. The van der Waals surface area contributed by atoms with Crippen molar-refractivity contribution in [3.63, 3.8) is 0 Å². The molecular weight excluding hydrogens is 621 g/mol. The molecule has 0 saturated carbocycles. The Kier molecular flexibility index (Phi) is 8.80. The molecular formula is C26H34N6O6S4. The van der Waals surface area contributed by atoms with E-state index in [2.05, 4.69) is 16.0 Å². The average Bonchev–Trinajstić information content (AvgIpc) is 3.74. The fraction of sp³-hybridized carbons (Fsp3) is 0.462. The summed E-state index contributed by atoms with van der Waals surface area (Å²) in [5, 5.41) is 4.03. The maximum absolute atomic E-state index is 12.5. The van der Waals surface area contributed by atoms with E-state index in [-0.39, 0.29) is 12.2 Å². The molecule has 4 aromatic rings. The molecule has 0 aliphatic carbocycles. The number of fused-ring (bicyclic) bond motifs is 2. The average molecular weight is 655 g/mol. The van der Waals surface area contributed by atoms with Crippen molar-refractivity contribution in [1.29, 1.82) is 0 Å². The van der Waals surface area contributed by atoms with Gasteiger partial charge in [-0.25, -0.2) is 17.9 Å². The highest BCUT2D eigenvalue weighted by Gasteiger charge is 2.33. The minimum atomic E-state index is -3.62. The minimum Gasteiger partial charge on any atom is -0.367 e. The Labute approximate surface area is 254 Å². The second-order valence-electron chi connectivity index (χ2n) is 10.2. The molecule has 0 spiro atoms. The third-order valence-corrected chi connectivity index (χ3v) is 12.8. The first-order chi connectivity index (χ1) is 19.9. The van der Waals surface area contributed by atoms with Gasteiger partial charge < -0.3 is 9.47 Å². The van der Waals surface area contributed by atoms with Gasteiger partial charge in [-0.3, -0.25) is 0 Å². The van der Waals surface area contributed by atoms with E-state index in [1.807, 2.05) is 16.8 Å². The Hall–Kier alpha value is -2.44. The fourth-order valence-corrected chi connectivity index (χ4v) is 9.07. The van der Waals surface area contributed by atoms with Crippen molar-refractivity contribution in [3.8, 4) is 0 Å². The van der Waals surface area contributed by atoms with Crippen molar-refractivity contribution in [2.75, 3.05) is 41.4 Å². The number of aromatic nitrogens is 4. The highest BCUT2D eigenvalue weighted by Crippen LogP contribution is 2.38. The number of nitrogens with zero attached hydrogens (tertiary/aromatic N) is 6. The van der Waals surface area contributed by atoms with Gasteiger partial charge in [-0.2, -0.15) is 25.4 Å². The summed E-state index contributed by atoms with van der Waals surface area (Å²) in [7, 11) is -1.19. The molecule has 0 bridgehead atoms. The molecule has 0 saturated heterocycles. The van der Waals surface area contributed by atoms with Crippen LogP contribution in [-0.2, 0) is 42.7 Å². The first kappa shape index (κ1) is 31.0. The van der Waals surface area contributed by atoms with Gasteiger partial charge in [-0.1, -0.05) is 0 Å². The lowest BCUT2D eigenvalue weighted by molar-refractivity contribution is 0.0677. The van der Waals surface area contributed by atoms with Gasteiger partial charge in [0.2, 0.25) is 0 Å². The third kappa shape index (κ3) is 5.50. The van der Waals surface area contributed by atoms with E-state index >= 15 is 0 Å². The van der Waals surface area contributed by atoms with Crippen LogP contribution in [0.5, 0.6) is 0 Å². The molecule has 2 atom stereocenters. The molecule has 0 amide bonds. The smallest absolute Gasteiger partial charge is 0.308 e. The van der Waals surface area contributed by atoms with Crippen molar-refractivity contribution < 1.29 is 26.3 Å². The van der Waals surface area contributed by atoms with Gasteiger partial charge in [0.1, 0.15) is 23.9 Å². The molecule has 2 aliphatic heterocycles. The summed E-state index contributed by atoms with van der Waals surface area (Å²) < 4.78 is 66.7. The van der Waals surface area contributed by atoms with Crippen molar-refractivity contribution in [1.82, 2.24) is 26.5 Å². The van der Waals surface area contributed by atoms with E-state index in [0.717, 1.165) is 23.3 Å². The Balaban J connectivity index is 0.000000168. The Morgan fingerprint density at radius 2 is 1.31 bits per heavy atom. The second-order valence-corrected chi connectivity index (χ2v) is 16.1. The van der Waals surface area contributed by atoms with Gasteiger partial charge in [-0.15, -0.1) is 22.7 Å². The van der Waals surface area contributed by atoms with Gasteiger partial charge in [0.15, 0.2) is 0 Å². The van der Waals surface area contributed by atoms with Crippen LogP contribution in [0.2, 0.25) is 0 Å². The normalized spacial score (nSPS) is 19.0. The van der Waals surface area contributed by atoms with Crippen molar-refractivity contribution in [3.05, 3.63) is 79.2 Å². The predicted octanol–water partition coefficient (Wildman–Crippen LogP) is 3.14. The lowest BCUT2D eigenvalue weighted by Gasteiger charge is -2.25. The first-order valence-electron chi connectivity index (χ1n) is 13.2. The molecule has 6 rings (SSSR count). The molecule has 6 heterocycles. The van der Waals surface area contributed by atoms with E-state index < -0.39 is 20.4 Å². The van der Waals surface area contributed by atoms with Crippen LogP contribution in [0, 0.1) is 13.8 Å². The van der Waals surface area contributed by atoms with Crippen molar-refractivity contribution >= 4 is 43.1 Å². The van der Waals surface area contributed by atoms with Crippen LogP contribution in [0.3, 0.4) is 0 Å². The van der Waals surface area contributed by atoms with Gasteiger partial charge in [0.05, 0.1) is 37.0 Å². The maximum atomic E-state index is 12.5. The summed E-state index contributed by atoms with van der Waals surface area (Å²) in [6.07, 6.45) is 4.17. The van der Waals surface area contributed by atoms with Crippen molar-refractivity contribution in [2.24, 2.45) is 0 Å². The predicted molar refractivity (Wildman–Crippen MR) is 162 cm³/mol. The highest BCUT2D eigenvalue weighted by molar-refractivity contribution is 7.87. The summed E-state index contributed by atoms with van der Waals surface area (Å²) >= 11 is 3.27. The maximum Gasteiger partial charge on any atom is 0.308 e. The molecule has 0 N–H and O–H groups in total. The van der Waals surface area contributed by atoms with Crippen molar-refractivity contribution in [2.45, 2.75) is 38.9 Å². The summed E-state index contributed by atoms with van der Waals surface area (Å²) in [4.78, 5) is 10.7. The second kappa shape index (κ2) is 11.9. The largest absolute Gasteiger partial charge is 0.367 e. The molecule has 2 unspecified atom stereocenters. The molecule has 12 nitrogen and oxygen atoms in total. The SMILES string of the molecule is Cc1ncc(C2OCCc3ccsc32)n1S(=O)(=O)N(C)C.Cc1ncc(C2OCCc3sccc32)n1S(=O)(=O)N(C)C. The summed E-state index contributed by atoms with van der Waals surface area (Å²) in [6.45, 7) is 4.54. The molecule has 4 aromatic heterocycles. The standard InChI is InChI=1S/2C13H17N3O3S2/c1-9-14-8-11(16(9)21(17,18)15(2)3)13-10-5-7-20-12(10)4-6-19-13;1-9-14-8-11(16(9)21(17,18)15(2)3)12-13-10(4-6-19-12)5-7-20-13/h5,7-8,13H,4,6H2,1-3H3;5,7-8,12H,4,6H2,1-3H3. The molecule has 0 aromatic carbocycles. The number of rotatable bonds is 6. The molecule has 0 fully saturated rings. The van der Waals surface area contributed by atoms with Crippen LogP contribution in [0.1, 0.15) is 56.1 Å². The summed E-state index contributed by atoms with van der Waals surface area (Å²) in [5.74, 6) is 0.871. The van der Waals surface area contributed by atoms with Crippen LogP contribution in [0.4, 0.5) is 0 Å². The van der Waals surface area contributed by atoms with Gasteiger partial charge in [0, 0.05) is 49.9 Å². The van der Waals surface area contributed by atoms with Crippen LogP contribution in [0.15, 0.2) is 35.3 Å². The molecule has 228 valence electrons. The zero-order valence-corrected chi connectivity index (χ0v) is 27.5. The Morgan fingerprint density at radius 1 is 0.786 bits per heavy atom. The van der Waals surface area contributed by atoms with Crippen LogP contribution in [0.25, 0.3) is 0 Å². The number of thiophene rings is 2. The summed E-state index contributed by atoms with van der Waals surface area (Å²) in [6, 6.07) is 4.07. The van der Waals surface area contributed by atoms with Gasteiger partial charge in [0.25, 0.3) is 0 Å². The van der Waals surface area contributed by atoms with Crippen LogP contribution >= 0.6 is 22.7 Å². The van der Waals surface area contributed by atoms with Crippen LogP contribution in [-0.4, -0.2) is 84.8 Å². The summed E-state index contributed by atoms with van der Waals surface area (Å²) in [5.41, 5.74) is 3.38. The Bertz CT molecular complexity index is 1650. The van der Waals surface area contributed by atoms with E-state index in [1.165, 1.54) is 55.2 Å². The number of hydrogen-bond donors (Lipinski definition) is 0. The lowest BCUT2D eigenvalue weighted by Crippen LogP contribution is -2.32. The number of aryl methyl sites for hydroxylation is 2. The van der Waals surface area contributed by atoms with Gasteiger partial charge >= 0.3 is 20.4 Å². The topological polar surface area (TPSA) is 129 Å². The monoisotopic (exact) mass is 654 g/mol. The third-order valence-electron chi connectivity index (χ3n) is 7.10. The minimum absolute atomic E-state index is 0.371. The van der Waals surface area contributed by atoms with E-state index in [4.69, 9.17) is 9.47 Å². The fourth-order valence-electron chi connectivity index (χ4n) is 4.94. The molecule has 0 radical (unpaired) electrons. The highest BCUT2D eigenvalue weighted by atomic mass is 32.2. The molecule has 42 heavy (non-hydrogen) atoms.